The fraction of sp³-hybridized carbons (Fsp3) is 0.579. The summed E-state index contributed by atoms with van der Waals surface area (Å²) in [4.78, 5) is 23.7. The molecule has 0 saturated carbocycles. The molecule has 130 valence electrons. The third-order valence-corrected chi connectivity index (χ3v) is 5.31. The second-order valence-corrected chi connectivity index (χ2v) is 7.11. The SMILES string of the molecule is Cc1c(C)c2c(c(C)c1OC(=O)C1CCCN1)CC[C@@](C)(C=O)O2. The highest BCUT2D eigenvalue weighted by Gasteiger charge is 2.35. The van der Waals surface area contributed by atoms with E-state index in [1.54, 1.807) is 0 Å². The van der Waals surface area contributed by atoms with Gasteiger partial charge >= 0.3 is 5.97 Å². The first-order valence-corrected chi connectivity index (χ1v) is 8.59. The van der Waals surface area contributed by atoms with Crippen molar-refractivity contribution in [2.45, 2.75) is 65.0 Å². The molecule has 2 heterocycles. The summed E-state index contributed by atoms with van der Waals surface area (Å²) < 4.78 is 11.8. The quantitative estimate of drug-likeness (QED) is 0.524. The van der Waals surface area contributed by atoms with Crippen molar-refractivity contribution in [2.24, 2.45) is 0 Å². The van der Waals surface area contributed by atoms with Gasteiger partial charge in [0.2, 0.25) is 0 Å². The highest BCUT2D eigenvalue weighted by molar-refractivity contribution is 5.80. The Bertz CT molecular complexity index is 691. The van der Waals surface area contributed by atoms with Crippen molar-refractivity contribution in [1.29, 1.82) is 0 Å². The molecule has 1 aromatic rings. The maximum atomic E-state index is 12.4. The molecule has 0 radical (unpaired) electrons. The fourth-order valence-electron chi connectivity index (χ4n) is 3.55. The standard InChI is InChI=1S/C19H25NO4/c1-11-12(2)17-14(7-8-19(4,10-21)24-17)13(3)16(11)23-18(22)15-6-5-9-20-15/h10,15,20H,5-9H2,1-4H3/t15?,19-/m0/s1. The summed E-state index contributed by atoms with van der Waals surface area (Å²) in [6.07, 6.45) is 4.06. The van der Waals surface area contributed by atoms with Crippen molar-refractivity contribution < 1.29 is 19.1 Å². The number of fused-ring (bicyclic) bond motifs is 1. The molecule has 0 aliphatic carbocycles. The molecule has 0 bridgehead atoms. The predicted octanol–water partition coefficient (Wildman–Crippen LogP) is 2.55. The largest absolute Gasteiger partial charge is 0.480 e. The normalized spacial score (nSPS) is 25.8. The molecule has 1 saturated heterocycles. The van der Waals surface area contributed by atoms with Crippen molar-refractivity contribution in [3.8, 4) is 11.5 Å². The van der Waals surface area contributed by atoms with Gasteiger partial charge in [0.25, 0.3) is 0 Å². The molecule has 5 nitrogen and oxygen atoms in total. The second kappa shape index (κ2) is 6.20. The van der Waals surface area contributed by atoms with E-state index in [1.807, 2.05) is 27.7 Å². The van der Waals surface area contributed by atoms with Gasteiger partial charge in [0.15, 0.2) is 11.9 Å². The molecular weight excluding hydrogens is 306 g/mol. The highest BCUT2D eigenvalue weighted by atomic mass is 16.5. The molecule has 1 fully saturated rings. The number of nitrogens with one attached hydrogen (secondary N) is 1. The molecule has 2 aliphatic rings. The molecule has 0 amide bonds. The lowest BCUT2D eigenvalue weighted by Crippen LogP contribution is -2.38. The molecule has 0 aromatic heterocycles. The van der Waals surface area contributed by atoms with Crippen LogP contribution in [-0.4, -0.2) is 30.4 Å². The van der Waals surface area contributed by atoms with Crippen LogP contribution in [-0.2, 0) is 16.0 Å². The van der Waals surface area contributed by atoms with Crippen LogP contribution in [0.3, 0.4) is 0 Å². The summed E-state index contributed by atoms with van der Waals surface area (Å²) in [6.45, 7) is 8.52. The first-order chi connectivity index (χ1) is 11.4. The zero-order valence-electron chi connectivity index (χ0n) is 14.8. The van der Waals surface area contributed by atoms with Gasteiger partial charge in [-0.15, -0.1) is 0 Å². The van der Waals surface area contributed by atoms with Crippen LogP contribution in [0.4, 0.5) is 0 Å². The van der Waals surface area contributed by atoms with Crippen LogP contribution in [0.1, 0.15) is 48.4 Å². The molecule has 1 N–H and O–H groups in total. The number of hydrogen-bond acceptors (Lipinski definition) is 5. The van der Waals surface area contributed by atoms with Crippen LogP contribution < -0.4 is 14.8 Å². The minimum Gasteiger partial charge on any atom is -0.480 e. The lowest BCUT2D eigenvalue weighted by atomic mass is 9.88. The van der Waals surface area contributed by atoms with E-state index in [-0.39, 0.29) is 12.0 Å². The topological polar surface area (TPSA) is 64.6 Å². The summed E-state index contributed by atoms with van der Waals surface area (Å²) in [5.41, 5.74) is 3.04. The van der Waals surface area contributed by atoms with Gasteiger partial charge in [-0.05, 0) is 76.6 Å². The third-order valence-electron chi connectivity index (χ3n) is 5.31. The summed E-state index contributed by atoms with van der Waals surface area (Å²) in [5.74, 6) is 1.19. The van der Waals surface area contributed by atoms with Crippen LogP contribution in [0.2, 0.25) is 0 Å². The van der Waals surface area contributed by atoms with E-state index in [0.29, 0.717) is 12.2 Å². The number of rotatable bonds is 3. The molecule has 24 heavy (non-hydrogen) atoms. The minimum absolute atomic E-state index is 0.213. The van der Waals surface area contributed by atoms with Crippen LogP contribution in [0.5, 0.6) is 11.5 Å². The average molecular weight is 331 g/mol. The van der Waals surface area contributed by atoms with Crippen molar-refractivity contribution in [3.63, 3.8) is 0 Å². The Morgan fingerprint density at radius 3 is 2.67 bits per heavy atom. The van der Waals surface area contributed by atoms with E-state index >= 15 is 0 Å². The number of carbonyl (C=O) groups excluding carboxylic acids is 2. The Balaban J connectivity index is 1.96. The molecule has 5 heteroatoms. The smallest absolute Gasteiger partial charge is 0.328 e. The van der Waals surface area contributed by atoms with E-state index in [9.17, 15) is 9.59 Å². The van der Waals surface area contributed by atoms with E-state index in [4.69, 9.17) is 9.47 Å². The number of carbonyl (C=O) groups is 2. The first kappa shape index (κ1) is 17.0. The monoisotopic (exact) mass is 331 g/mol. The van der Waals surface area contributed by atoms with Gasteiger partial charge in [0.05, 0.1) is 0 Å². The molecule has 1 unspecified atom stereocenters. The zero-order valence-corrected chi connectivity index (χ0v) is 14.8. The number of benzene rings is 1. The second-order valence-electron chi connectivity index (χ2n) is 7.11. The number of hydrogen-bond donors (Lipinski definition) is 1. The highest BCUT2D eigenvalue weighted by Crippen LogP contribution is 2.43. The van der Waals surface area contributed by atoms with Crippen molar-refractivity contribution in [2.75, 3.05) is 6.54 Å². The lowest BCUT2D eigenvalue weighted by molar-refractivity contribution is -0.136. The molecule has 1 aromatic carbocycles. The van der Waals surface area contributed by atoms with Gasteiger partial charge in [-0.2, -0.15) is 0 Å². The first-order valence-electron chi connectivity index (χ1n) is 8.59. The molecule has 0 spiro atoms. The van der Waals surface area contributed by atoms with Crippen LogP contribution in [0, 0.1) is 20.8 Å². The average Bonchev–Trinajstić information content (AvgIpc) is 3.11. The Morgan fingerprint density at radius 2 is 2.04 bits per heavy atom. The van der Waals surface area contributed by atoms with Gasteiger partial charge in [-0.1, -0.05) is 0 Å². The van der Waals surface area contributed by atoms with Gasteiger partial charge in [0, 0.05) is 5.56 Å². The Morgan fingerprint density at radius 1 is 1.29 bits per heavy atom. The van der Waals surface area contributed by atoms with Crippen molar-refractivity contribution in [1.82, 2.24) is 5.32 Å². The number of aldehydes is 1. The maximum Gasteiger partial charge on any atom is 0.328 e. The number of ether oxygens (including phenoxy) is 2. The van der Waals surface area contributed by atoms with Crippen LogP contribution >= 0.6 is 0 Å². The van der Waals surface area contributed by atoms with Gasteiger partial charge in [-0.25, -0.2) is 4.79 Å². The molecule has 2 atom stereocenters. The fourth-order valence-corrected chi connectivity index (χ4v) is 3.55. The molecule has 2 aliphatic heterocycles. The Hall–Kier alpha value is -1.88. The summed E-state index contributed by atoms with van der Waals surface area (Å²) in [5, 5.41) is 3.17. The third kappa shape index (κ3) is 2.81. The summed E-state index contributed by atoms with van der Waals surface area (Å²) >= 11 is 0. The van der Waals surface area contributed by atoms with Crippen molar-refractivity contribution >= 4 is 12.3 Å². The Kier molecular flexibility index (Phi) is 4.38. The molecule has 3 rings (SSSR count). The van der Waals surface area contributed by atoms with Gasteiger partial charge in [0.1, 0.15) is 17.5 Å². The summed E-state index contributed by atoms with van der Waals surface area (Å²) in [7, 11) is 0. The van der Waals surface area contributed by atoms with Crippen LogP contribution in [0.15, 0.2) is 0 Å². The summed E-state index contributed by atoms with van der Waals surface area (Å²) in [6, 6.07) is -0.213. The van der Waals surface area contributed by atoms with E-state index < -0.39 is 5.60 Å². The van der Waals surface area contributed by atoms with Gasteiger partial charge in [-0.3, -0.25) is 4.79 Å². The van der Waals surface area contributed by atoms with E-state index in [1.165, 1.54) is 0 Å². The number of esters is 1. The van der Waals surface area contributed by atoms with Crippen LogP contribution in [0.25, 0.3) is 0 Å². The maximum absolute atomic E-state index is 12.4. The van der Waals surface area contributed by atoms with E-state index in [0.717, 1.165) is 60.1 Å². The predicted molar refractivity (Wildman–Crippen MR) is 90.7 cm³/mol. The lowest BCUT2D eigenvalue weighted by Gasteiger charge is -2.34. The van der Waals surface area contributed by atoms with Crippen molar-refractivity contribution in [3.05, 3.63) is 22.3 Å². The minimum atomic E-state index is -0.775. The molecular formula is C19H25NO4. The van der Waals surface area contributed by atoms with E-state index in [2.05, 4.69) is 5.32 Å². The Labute approximate surface area is 142 Å². The van der Waals surface area contributed by atoms with Gasteiger partial charge < -0.3 is 14.8 Å². The zero-order chi connectivity index (χ0) is 17.5.